The Balaban J connectivity index is 1.47. The van der Waals surface area contributed by atoms with Gasteiger partial charge in [0.2, 0.25) is 0 Å². The minimum absolute atomic E-state index is 0.0235. The van der Waals surface area contributed by atoms with Gasteiger partial charge in [-0.15, -0.1) is 0 Å². The van der Waals surface area contributed by atoms with E-state index in [1.807, 2.05) is 4.90 Å². The number of carbonyl (C=O) groups is 1. The molecule has 1 saturated heterocycles. The molecule has 1 aliphatic heterocycles. The predicted molar refractivity (Wildman–Crippen MR) is 129 cm³/mol. The zero-order valence-electron chi connectivity index (χ0n) is 20.4. The number of aromatic nitrogens is 4. The van der Waals surface area contributed by atoms with Gasteiger partial charge < -0.3 is 4.90 Å². The number of amides is 1. The van der Waals surface area contributed by atoms with Crippen molar-refractivity contribution in [2.75, 3.05) is 26.2 Å². The number of benzene rings is 1. The summed E-state index contributed by atoms with van der Waals surface area (Å²) in [6.07, 6.45) is 1.25. The third kappa shape index (κ3) is 4.61. The van der Waals surface area contributed by atoms with Crippen LogP contribution in [-0.2, 0) is 6.18 Å². The summed E-state index contributed by atoms with van der Waals surface area (Å²) in [5.41, 5.74) is 0.643. The minimum atomic E-state index is -4.51. The summed E-state index contributed by atoms with van der Waals surface area (Å²) in [6, 6.07) is 7.14. The van der Waals surface area contributed by atoms with Crippen LogP contribution in [0, 0.1) is 0 Å². The topological polar surface area (TPSA) is 67.2 Å². The molecule has 1 atom stereocenters. The zero-order valence-corrected chi connectivity index (χ0v) is 20.4. The minimum Gasteiger partial charge on any atom is -0.337 e. The number of likely N-dealkylation sites (N-methyl/N-ethyl adjacent to an activating group) is 1. The molecule has 3 aromatic rings. The van der Waals surface area contributed by atoms with Crippen LogP contribution in [0.5, 0.6) is 0 Å². The van der Waals surface area contributed by atoms with Gasteiger partial charge in [0, 0.05) is 36.8 Å². The van der Waals surface area contributed by atoms with Crippen molar-refractivity contribution < 1.29 is 18.0 Å². The monoisotopic (exact) mass is 498 g/mol. The number of nitrogens with zero attached hydrogens (tertiary/aromatic N) is 6. The Morgan fingerprint density at radius 2 is 1.86 bits per heavy atom. The number of carbonyl (C=O) groups excluding carboxylic acids is 1. The molecule has 1 aromatic carbocycles. The molecule has 10 heteroatoms. The van der Waals surface area contributed by atoms with Crippen LogP contribution in [0.1, 0.15) is 60.6 Å². The lowest BCUT2D eigenvalue weighted by atomic mass is 10.0. The maximum absolute atomic E-state index is 13.6. The number of likely N-dealkylation sites (tertiary alicyclic amines) is 1. The molecule has 2 aliphatic rings. The second-order valence-electron chi connectivity index (χ2n) is 9.33. The normalized spacial score (nSPS) is 18.3. The maximum Gasteiger partial charge on any atom is 0.417 e. The summed E-state index contributed by atoms with van der Waals surface area (Å²) in [5.74, 6) is 0.256. The van der Waals surface area contributed by atoms with E-state index in [0.29, 0.717) is 24.7 Å². The van der Waals surface area contributed by atoms with Crippen molar-refractivity contribution in [2.24, 2.45) is 0 Å². The standard InChI is InChI=1S/C26H29F3N6O/c1-3-33(4-2)18-12-14-34(16-18)24(36)20-15-31-35(23(20)17-9-10-17)25-30-13-11-22(32-25)19-7-5-6-8-21(19)26(27,28)29/h5-8,11,13,15,17-18H,3-4,9-10,12,14,16H2,1-2H3. The first-order chi connectivity index (χ1) is 17.3. The fourth-order valence-electron chi connectivity index (χ4n) is 5.12. The first-order valence-electron chi connectivity index (χ1n) is 12.4. The van der Waals surface area contributed by atoms with Crippen LogP contribution < -0.4 is 0 Å². The van der Waals surface area contributed by atoms with Gasteiger partial charge in [0.05, 0.1) is 28.7 Å². The summed E-state index contributed by atoms with van der Waals surface area (Å²) < 4.78 is 42.3. The van der Waals surface area contributed by atoms with Crippen LogP contribution in [0.2, 0.25) is 0 Å². The van der Waals surface area contributed by atoms with Gasteiger partial charge >= 0.3 is 6.18 Å². The van der Waals surface area contributed by atoms with Gasteiger partial charge in [-0.3, -0.25) is 9.69 Å². The van der Waals surface area contributed by atoms with Gasteiger partial charge in [0.1, 0.15) is 0 Å². The van der Waals surface area contributed by atoms with Crippen LogP contribution >= 0.6 is 0 Å². The van der Waals surface area contributed by atoms with E-state index in [1.54, 1.807) is 12.3 Å². The molecule has 5 rings (SSSR count). The fourth-order valence-corrected chi connectivity index (χ4v) is 5.12. The number of rotatable bonds is 7. The molecular weight excluding hydrogens is 469 g/mol. The van der Waals surface area contributed by atoms with Gasteiger partial charge in [-0.1, -0.05) is 32.0 Å². The highest BCUT2D eigenvalue weighted by Crippen LogP contribution is 2.43. The molecule has 190 valence electrons. The maximum atomic E-state index is 13.6. The lowest BCUT2D eigenvalue weighted by Crippen LogP contribution is -2.38. The third-order valence-electron chi connectivity index (χ3n) is 7.12. The Kier molecular flexibility index (Phi) is 6.55. The zero-order chi connectivity index (χ0) is 25.4. The molecule has 1 unspecified atom stereocenters. The van der Waals surface area contributed by atoms with E-state index < -0.39 is 11.7 Å². The second-order valence-corrected chi connectivity index (χ2v) is 9.33. The first-order valence-corrected chi connectivity index (χ1v) is 12.4. The molecule has 2 aromatic heterocycles. The Morgan fingerprint density at radius 3 is 2.56 bits per heavy atom. The molecule has 7 nitrogen and oxygen atoms in total. The molecule has 2 fully saturated rings. The quantitative estimate of drug-likeness (QED) is 0.469. The van der Waals surface area contributed by atoms with Crippen LogP contribution in [0.4, 0.5) is 13.2 Å². The highest BCUT2D eigenvalue weighted by molar-refractivity contribution is 5.95. The molecule has 0 N–H and O–H groups in total. The Morgan fingerprint density at radius 1 is 1.11 bits per heavy atom. The van der Waals surface area contributed by atoms with E-state index in [0.717, 1.165) is 44.1 Å². The molecule has 0 bridgehead atoms. The van der Waals surface area contributed by atoms with Gasteiger partial charge in [0.15, 0.2) is 0 Å². The smallest absolute Gasteiger partial charge is 0.337 e. The highest BCUT2D eigenvalue weighted by Gasteiger charge is 2.37. The van der Waals surface area contributed by atoms with E-state index in [9.17, 15) is 18.0 Å². The number of hydrogen-bond donors (Lipinski definition) is 0. The highest BCUT2D eigenvalue weighted by atomic mass is 19.4. The van der Waals surface area contributed by atoms with Gasteiger partial charge in [-0.05, 0) is 44.5 Å². The Hall–Kier alpha value is -3.27. The Bertz CT molecular complexity index is 1250. The summed E-state index contributed by atoms with van der Waals surface area (Å²) in [5, 5.41) is 4.44. The molecule has 1 saturated carbocycles. The van der Waals surface area contributed by atoms with Gasteiger partial charge in [-0.25, -0.2) is 14.6 Å². The van der Waals surface area contributed by atoms with E-state index in [4.69, 9.17) is 0 Å². The summed E-state index contributed by atoms with van der Waals surface area (Å²) in [6.45, 7) is 7.51. The number of hydrogen-bond acceptors (Lipinski definition) is 5. The molecular formula is C26H29F3N6O. The van der Waals surface area contributed by atoms with Crippen molar-refractivity contribution in [3.05, 3.63) is 59.5 Å². The average molecular weight is 499 g/mol. The van der Waals surface area contributed by atoms with Crippen molar-refractivity contribution in [3.8, 4) is 17.2 Å². The lowest BCUT2D eigenvalue weighted by Gasteiger charge is -2.26. The van der Waals surface area contributed by atoms with Crippen molar-refractivity contribution in [3.63, 3.8) is 0 Å². The van der Waals surface area contributed by atoms with Crippen LogP contribution in [0.3, 0.4) is 0 Å². The summed E-state index contributed by atoms with van der Waals surface area (Å²) in [7, 11) is 0. The lowest BCUT2D eigenvalue weighted by molar-refractivity contribution is -0.137. The van der Waals surface area contributed by atoms with Crippen LogP contribution in [0.15, 0.2) is 42.7 Å². The largest absolute Gasteiger partial charge is 0.417 e. The summed E-state index contributed by atoms with van der Waals surface area (Å²) >= 11 is 0. The van der Waals surface area contributed by atoms with Crippen molar-refractivity contribution >= 4 is 5.91 Å². The predicted octanol–water partition coefficient (Wildman–Crippen LogP) is 4.78. The van der Waals surface area contributed by atoms with Gasteiger partial charge in [0.25, 0.3) is 11.9 Å². The molecule has 1 amide bonds. The fraction of sp³-hybridized carbons (Fsp3) is 0.462. The Labute approximate surface area is 208 Å². The molecule has 0 spiro atoms. The van der Waals surface area contributed by atoms with E-state index in [1.165, 1.54) is 29.1 Å². The summed E-state index contributed by atoms with van der Waals surface area (Å²) in [4.78, 5) is 26.5. The van der Waals surface area contributed by atoms with Gasteiger partial charge in [-0.2, -0.15) is 18.3 Å². The van der Waals surface area contributed by atoms with Crippen molar-refractivity contribution in [1.82, 2.24) is 29.5 Å². The number of alkyl halides is 3. The molecule has 3 heterocycles. The van der Waals surface area contributed by atoms with Crippen LogP contribution in [-0.4, -0.2) is 67.7 Å². The molecule has 0 radical (unpaired) electrons. The SMILES string of the molecule is CCN(CC)C1CCN(C(=O)c2cnn(-c3nccc(-c4ccccc4C(F)(F)F)n3)c2C2CC2)C1. The van der Waals surface area contributed by atoms with Crippen molar-refractivity contribution in [1.29, 1.82) is 0 Å². The molecule has 1 aliphatic carbocycles. The van der Waals surface area contributed by atoms with Crippen LogP contribution in [0.25, 0.3) is 17.2 Å². The van der Waals surface area contributed by atoms with E-state index >= 15 is 0 Å². The second kappa shape index (κ2) is 9.65. The first kappa shape index (κ1) is 24.4. The van der Waals surface area contributed by atoms with Crippen molar-refractivity contribution in [2.45, 2.75) is 51.2 Å². The number of halogens is 3. The third-order valence-corrected chi connectivity index (χ3v) is 7.12. The van der Waals surface area contributed by atoms with E-state index in [-0.39, 0.29) is 29.0 Å². The molecule has 36 heavy (non-hydrogen) atoms. The van der Waals surface area contributed by atoms with E-state index in [2.05, 4.69) is 33.8 Å². The average Bonchev–Trinajstić information content (AvgIpc) is 3.43.